The number of fused-ring (bicyclic) bond motifs is 1. The number of carbonyl (C=O) groups is 6. The van der Waals surface area contributed by atoms with Gasteiger partial charge in [-0.05, 0) is 24.2 Å². The molecule has 3 rings (SSSR count). The van der Waals surface area contributed by atoms with Crippen molar-refractivity contribution in [1.82, 2.24) is 20.9 Å². The maximum Gasteiger partial charge on any atom is 0.316 e. The van der Waals surface area contributed by atoms with Crippen LogP contribution in [0, 0.1) is 29.1 Å². The van der Waals surface area contributed by atoms with E-state index in [1.54, 1.807) is 20.8 Å². The van der Waals surface area contributed by atoms with E-state index in [-0.39, 0.29) is 30.1 Å². The van der Waals surface area contributed by atoms with Gasteiger partial charge in [0.05, 0.1) is 12.6 Å². The molecular weight excluding hydrogens is 525 g/mol. The van der Waals surface area contributed by atoms with Crippen LogP contribution in [-0.4, -0.2) is 75.8 Å². The van der Waals surface area contributed by atoms with Crippen LogP contribution in [-0.2, 0) is 24.0 Å². The molecule has 0 bridgehead atoms. The highest BCUT2D eigenvalue weighted by Gasteiger charge is 2.74. The van der Waals surface area contributed by atoms with Crippen molar-refractivity contribution in [2.75, 3.05) is 13.1 Å². The van der Waals surface area contributed by atoms with E-state index in [1.807, 2.05) is 13.8 Å². The maximum atomic E-state index is 13.7. The van der Waals surface area contributed by atoms with Crippen LogP contribution in [0.2, 0.25) is 0 Å². The van der Waals surface area contributed by atoms with E-state index >= 15 is 0 Å². The minimum Gasteiger partial charge on any atom is -0.363 e. The molecule has 3 aliphatic rings. The predicted octanol–water partition coefficient (Wildman–Crippen LogP) is 0.505. The van der Waals surface area contributed by atoms with E-state index in [9.17, 15) is 28.8 Å². The Hall–Kier alpha value is -2.40. The Labute approximate surface area is 225 Å². The summed E-state index contributed by atoms with van der Waals surface area (Å²) in [6.07, 6.45) is 1.62. The van der Waals surface area contributed by atoms with Crippen molar-refractivity contribution in [2.24, 2.45) is 34.8 Å². The van der Waals surface area contributed by atoms with Gasteiger partial charge in [-0.25, -0.2) is 4.79 Å². The summed E-state index contributed by atoms with van der Waals surface area (Å²) in [6, 6.07) is -3.52. The molecule has 3 fully saturated rings. The van der Waals surface area contributed by atoms with Crippen molar-refractivity contribution in [1.29, 1.82) is 0 Å². The first-order chi connectivity index (χ1) is 17.0. The van der Waals surface area contributed by atoms with Crippen LogP contribution >= 0.6 is 23.2 Å². The van der Waals surface area contributed by atoms with Gasteiger partial charge in [0.2, 0.25) is 17.6 Å². The fourth-order valence-electron chi connectivity index (χ4n) is 4.81. The number of hydrogen-bond donors (Lipinski definition) is 4. The molecule has 5 amide bonds. The number of ketones is 2. The number of halogens is 2. The number of piperidine rings is 1. The number of alkyl halides is 2. The average Bonchev–Trinajstić information content (AvgIpc) is 3.66. The summed E-state index contributed by atoms with van der Waals surface area (Å²) in [6.45, 7) is 8.40. The zero-order chi connectivity index (χ0) is 28.0. The van der Waals surface area contributed by atoms with Crippen molar-refractivity contribution in [3.05, 3.63) is 0 Å². The van der Waals surface area contributed by atoms with Crippen LogP contribution in [0.3, 0.4) is 0 Å². The van der Waals surface area contributed by atoms with Crippen LogP contribution < -0.4 is 21.7 Å². The predicted molar refractivity (Wildman–Crippen MR) is 135 cm³/mol. The topological polar surface area (TPSA) is 168 Å². The molecule has 1 aliphatic heterocycles. The Morgan fingerprint density at radius 2 is 1.65 bits per heavy atom. The van der Waals surface area contributed by atoms with Gasteiger partial charge in [-0.15, -0.1) is 23.2 Å². The standard InChI is InChI=1S/C24H35Cl2N5O6/c1-10(2)15(17(33)11-6-7-11)29-22(37)30-18(23(3,4)5)21(36)31-9-12-14(24(12,25)26)16(31)20(35)28-8-13(32)19(27)34/h10-12,14-16,18H,6-9H2,1-5H3,(H2,27,34)(H,28,35)(H2,29,30,37)/t12-,14-,15-,16-,18+/m0/s1. The molecule has 37 heavy (non-hydrogen) atoms. The molecule has 11 nitrogen and oxygen atoms in total. The molecule has 0 aromatic heterocycles. The minimum atomic E-state index is -1.22. The van der Waals surface area contributed by atoms with Crippen LogP contribution in [0.25, 0.3) is 0 Å². The third-order valence-electron chi connectivity index (χ3n) is 7.21. The normalized spacial score (nSPS) is 25.5. The molecule has 206 valence electrons. The second-order valence-corrected chi connectivity index (χ2v) is 13.0. The Balaban J connectivity index is 1.76. The van der Waals surface area contributed by atoms with Crippen molar-refractivity contribution in [2.45, 2.75) is 69.9 Å². The lowest BCUT2D eigenvalue weighted by Gasteiger charge is -2.37. The summed E-state index contributed by atoms with van der Waals surface area (Å²) in [5.41, 5.74) is 4.17. The molecule has 13 heteroatoms. The molecule has 5 N–H and O–H groups in total. The Bertz CT molecular complexity index is 1010. The number of urea groups is 1. The quantitative estimate of drug-likeness (QED) is 0.224. The van der Waals surface area contributed by atoms with Crippen LogP contribution in [0.15, 0.2) is 0 Å². The lowest BCUT2D eigenvalue weighted by Crippen LogP contribution is -2.61. The molecule has 1 heterocycles. The van der Waals surface area contributed by atoms with Gasteiger partial charge >= 0.3 is 6.03 Å². The van der Waals surface area contributed by atoms with Crippen LogP contribution in [0.4, 0.5) is 4.79 Å². The molecule has 0 spiro atoms. The third kappa shape index (κ3) is 6.19. The first kappa shape index (κ1) is 29.2. The molecule has 1 saturated heterocycles. The molecule has 2 aliphatic carbocycles. The fourth-order valence-corrected chi connectivity index (χ4v) is 5.64. The maximum absolute atomic E-state index is 13.7. The summed E-state index contributed by atoms with van der Waals surface area (Å²) >= 11 is 12.7. The van der Waals surface area contributed by atoms with Gasteiger partial charge < -0.3 is 26.6 Å². The molecule has 0 radical (unpaired) electrons. The Kier molecular flexibility index (Phi) is 8.20. The number of Topliss-reactive ketones (excluding diaryl/α,β-unsaturated/α-hetero) is 2. The van der Waals surface area contributed by atoms with Gasteiger partial charge in [0.1, 0.15) is 16.4 Å². The van der Waals surface area contributed by atoms with Crippen molar-refractivity contribution in [3.8, 4) is 0 Å². The molecule has 5 atom stereocenters. The van der Waals surface area contributed by atoms with E-state index in [0.717, 1.165) is 12.8 Å². The SMILES string of the molecule is CC(C)[C@H](NC(=O)N[C@H](C(=O)N1C[C@H]2[C@@H]([C@H]1C(=O)NCC(=O)C(N)=O)C2(Cl)Cl)C(C)(C)C)C(=O)C1CC1. The second kappa shape index (κ2) is 10.4. The zero-order valence-corrected chi connectivity index (χ0v) is 23.1. The number of rotatable bonds is 10. The smallest absolute Gasteiger partial charge is 0.316 e. The summed E-state index contributed by atoms with van der Waals surface area (Å²) < 4.78 is -1.22. The molecule has 2 saturated carbocycles. The van der Waals surface area contributed by atoms with E-state index in [4.69, 9.17) is 28.9 Å². The summed E-state index contributed by atoms with van der Waals surface area (Å²) in [7, 11) is 0. The van der Waals surface area contributed by atoms with E-state index in [0.29, 0.717) is 0 Å². The van der Waals surface area contributed by atoms with Gasteiger partial charge in [0, 0.05) is 24.3 Å². The van der Waals surface area contributed by atoms with Gasteiger partial charge in [-0.3, -0.25) is 24.0 Å². The van der Waals surface area contributed by atoms with Crippen molar-refractivity contribution in [3.63, 3.8) is 0 Å². The van der Waals surface area contributed by atoms with Gasteiger partial charge in [0.15, 0.2) is 5.78 Å². The number of hydrogen-bond acceptors (Lipinski definition) is 6. The Morgan fingerprint density at radius 3 is 2.14 bits per heavy atom. The number of nitrogens with zero attached hydrogens (tertiary/aromatic N) is 1. The fraction of sp³-hybridized carbons (Fsp3) is 0.750. The highest BCUT2D eigenvalue weighted by molar-refractivity contribution is 6.51. The molecule has 0 aromatic carbocycles. The molecular formula is C24H35Cl2N5O6. The summed E-state index contributed by atoms with van der Waals surface area (Å²) in [5.74, 6) is -4.59. The van der Waals surface area contributed by atoms with Gasteiger partial charge in [-0.2, -0.15) is 0 Å². The van der Waals surface area contributed by atoms with Gasteiger partial charge in [-0.1, -0.05) is 34.6 Å². The lowest BCUT2D eigenvalue weighted by atomic mass is 9.85. The van der Waals surface area contributed by atoms with Crippen molar-refractivity contribution >= 4 is 58.5 Å². The number of nitrogens with two attached hydrogens (primary N) is 1. The molecule has 0 unspecified atom stereocenters. The number of primary amides is 1. The lowest BCUT2D eigenvalue weighted by molar-refractivity contribution is -0.143. The average molecular weight is 560 g/mol. The van der Waals surface area contributed by atoms with E-state index in [1.165, 1.54) is 4.90 Å². The monoisotopic (exact) mass is 559 g/mol. The number of carbonyl (C=O) groups excluding carboxylic acids is 6. The van der Waals surface area contributed by atoms with Crippen molar-refractivity contribution < 1.29 is 28.8 Å². The Morgan fingerprint density at radius 1 is 1.05 bits per heavy atom. The zero-order valence-electron chi connectivity index (χ0n) is 21.6. The van der Waals surface area contributed by atoms with E-state index < -0.39 is 69.9 Å². The first-order valence-electron chi connectivity index (χ1n) is 12.4. The van der Waals surface area contributed by atoms with E-state index in [2.05, 4.69) is 16.0 Å². The number of amides is 5. The van der Waals surface area contributed by atoms with Crippen LogP contribution in [0.5, 0.6) is 0 Å². The molecule has 0 aromatic rings. The highest BCUT2D eigenvalue weighted by atomic mass is 35.5. The van der Waals surface area contributed by atoms with Gasteiger partial charge in [0.25, 0.3) is 5.91 Å². The first-order valence-corrected chi connectivity index (χ1v) is 13.1. The largest absolute Gasteiger partial charge is 0.363 e. The highest BCUT2D eigenvalue weighted by Crippen LogP contribution is 2.65. The number of likely N-dealkylation sites (tertiary alicyclic amines) is 1. The summed E-state index contributed by atoms with van der Waals surface area (Å²) in [5, 5.41) is 7.76. The van der Waals surface area contributed by atoms with Crippen LogP contribution in [0.1, 0.15) is 47.5 Å². The summed E-state index contributed by atoms with van der Waals surface area (Å²) in [4.78, 5) is 76.3. The second-order valence-electron chi connectivity index (χ2n) is 11.6. The number of nitrogens with one attached hydrogen (secondary N) is 3. The minimum absolute atomic E-state index is 0.0220. The third-order valence-corrected chi connectivity index (χ3v) is 8.27.